The van der Waals surface area contributed by atoms with E-state index in [-0.39, 0.29) is 5.75 Å². The molecule has 0 aliphatic heterocycles. The summed E-state index contributed by atoms with van der Waals surface area (Å²) in [7, 11) is 0. The van der Waals surface area contributed by atoms with E-state index in [1.165, 1.54) is 12.1 Å². The van der Waals surface area contributed by atoms with E-state index in [1.54, 1.807) is 0 Å². The van der Waals surface area contributed by atoms with Gasteiger partial charge in [-0.05, 0) is 12.1 Å². The first-order valence-electron chi connectivity index (χ1n) is 4.31. The maximum Gasteiger partial charge on any atom is 0.382 e. The summed E-state index contributed by atoms with van der Waals surface area (Å²) in [5, 5.41) is 0. The van der Waals surface area contributed by atoms with Gasteiger partial charge in [0.05, 0.1) is 0 Å². The maximum atomic E-state index is 12.8. The minimum atomic E-state index is -3.54. The molecule has 0 atom stereocenters. The minimum Gasteiger partial charge on any atom is -0.422 e. The van der Waals surface area contributed by atoms with Crippen LogP contribution in [0, 0.1) is 5.82 Å². The number of benzene rings is 1. The number of esters is 1. The SMILES string of the molecule is CCC(F)(F)C(=O)Oc1cccc(F)c1. The fourth-order valence-corrected chi connectivity index (χ4v) is 0.857. The number of halogens is 3. The highest BCUT2D eigenvalue weighted by Gasteiger charge is 2.38. The van der Waals surface area contributed by atoms with Crippen molar-refractivity contribution in [3.8, 4) is 5.75 Å². The van der Waals surface area contributed by atoms with Gasteiger partial charge in [0.15, 0.2) is 0 Å². The lowest BCUT2D eigenvalue weighted by Crippen LogP contribution is -2.32. The fraction of sp³-hybridized carbons (Fsp3) is 0.300. The highest BCUT2D eigenvalue weighted by atomic mass is 19.3. The van der Waals surface area contributed by atoms with E-state index in [4.69, 9.17) is 0 Å². The van der Waals surface area contributed by atoms with E-state index in [9.17, 15) is 18.0 Å². The molecule has 5 heteroatoms. The van der Waals surface area contributed by atoms with Gasteiger partial charge in [-0.3, -0.25) is 0 Å². The van der Waals surface area contributed by atoms with Crippen molar-refractivity contribution in [2.24, 2.45) is 0 Å². The first-order chi connectivity index (χ1) is 6.95. The number of rotatable bonds is 3. The molecule has 0 bridgehead atoms. The molecule has 0 saturated heterocycles. The molecule has 0 aliphatic rings. The van der Waals surface area contributed by atoms with Crippen molar-refractivity contribution in [1.82, 2.24) is 0 Å². The molecule has 1 aromatic rings. The first kappa shape index (κ1) is 11.6. The smallest absolute Gasteiger partial charge is 0.382 e. The van der Waals surface area contributed by atoms with Crippen molar-refractivity contribution in [1.29, 1.82) is 0 Å². The number of alkyl halides is 2. The number of carbonyl (C=O) groups is 1. The second kappa shape index (κ2) is 4.33. The summed E-state index contributed by atoms with van der Waals surface area (Å²) in [5.41, 5.74) is 0. The Kier molecular flexibility index (Phi) is 3.34. The van der Waals surface area contributed by atoms with Crippen molar-refractivity contribution in [3.05, 3.63) is 30.1 Å². The highest BCUT2D eigenvalue weighted by molar-refractivity contribution is 5.79. The third kappa shape index (κ3) is 2.97. The molecule has 0 spiro atoms. The summed E-state index contributed by atoms with van der Waals surface area (Å²) in [6, 6.07) is 4.48. The van der Waals surface area contributed by atoms with Crippen LogP contribution in [0.4, 0.5) is 13.2 Å². The van der Waals surface area contributed by atoms with Crippen LogP contribution in [0.5, 0.6) is 5.75 Å². The van der Waals surface area contributed by atoms with Crippen molar-refractivity contribution < 1.29 is 22.7 Å². The fourth-order valence-electron chi connectivity index (χ4n) is 0.857. The van der Waals surface area contributed by atoms with Gasteiger partial charge in [0, 0.05) is 12.5 Å². The molecule has 0 saturated carbocycles. The van der Waals surface area contributed by atoms with Crippen LogP contribution >= 0.6 is 0 Å². The molecule has 0 fully saturated rings. The molecule has 2 nitrogen and oxygen atoms in total. The Hall–Kier alpha value is -1.52. The van der Waals surface area contributed by atoms with Gasteiger partial charge in [0.2, 0.25) is 0 Å². The molecule has 0 unspecified atom stereocenters. The molecule has 82 valence electrons. The van der Waals surface area contributed by atoms with Crippen LogP contribution in [0.1, 0.15) is 13.3 Å². The molecular weight excluding hydrogens is 209 g/mol. The Morgan fingerprint density at radius 2 is 2.13 bits per heavy atom. The van der Waals surface area contributed by atoms with Gasteiger partial charge in [0.1, 0.15) is 11.6 Å². The molecule has 1 rings (SSSR count). The summed E-state index contributed by atoms with van der Waals surface area (Å²) < 4.78 is 42.5. The standard InChI is InChI=1S/C10H9F3O2/c1-2-10(12,13)9(14)15-8-5-3-4-7(11)6-8/h3-6H,2H2,1H3. The summed E-state index contributed by atoms with van der Waals surface area (Å²) in [6.45, 7) is 1.16. The number of hydrogen-bond donors (Lipinski definition) is 0. The van der Waals surface area contributed by atoms with Crippen molar-refractivity contribution in [3.63, 3.8) is 0 Å². The Bertz CT molecular complexity index is 363. The lowest BCUT2D eigenvalue weighted by molar-refractivity contribution is -0.161. The van der Waals surface area contributed by atoms with Gasteiger partial charge < -0.3 is 4.74 Å². The van der Waals surface area contributed by atoms with E-state index in [1.807, 2.05) is 0 Å². The average Bonchev–Trinajstić information content (AvgIpc) is 2.17. The molecule has 0 N–H and O–H groups in total. The Labute approximate surface area is 84.7 Å². The van der Waals surface area contributed by atoms with Gasteiger partial charge in [0.25, 0.3) is 0 Å². The molecule has 0 aliphatic carbocycles. The van der Waals surface area contributed by atoms with Crippen LogP contribution in [0.25, 0.3) is 0 Å². The zero-order chi connectivity index (χ0) is 11.5. The van der Waals surface area contributed by atoms with Crippen molar-refractivity contribution in [2.75, 3.05) is 0 Å². The molecule has 0 heterocycles. The second-order valence-electron chi connectivity index (χ2n) is 2.90. The molecule has 1 aromatic carbocycles. The van der Waals surface area contributed by atoms with Gasteiger partial charge in [-0.2, -0.15) is 8.78 Å². The molecule has 15 heavy (non-hydrogen) atoms. The third-order valence-corrected chi connectivity index (χ3v) is 1.75. The first-order valence-corrected chi connectivity index (χ1v) is 4.31. The maximum absolute atomic E-state index is 12.8. The molecular formula is C10H9F3O2. The van der Waals surface area contributed by atoms with E-state index in [2.05, 4.69) is 4.74 Å². The monoisotopic (exact) mass is 218 g/mol. The van der Waals surface area contributed by atoms with E-state index in [0.717, 1.165) is 19.1 Å². The van der Waals surface area contributed by atoms with Gasteiger partial charge in [-0.15, -0.1) is 0 Å². The normalized spacial score (nSPS) is 11.2. The number of hydrogen-bond acceptors (Lipinski definition) is 2. The summed E-state index contributed by atoms with van der Waals surface area (Å²) >= 11 is 0. The molecule has 0 aromatic heterocycles. The van der Waals surface area contributed by atoms with Crippen LogP contribution < -0.4 is 4.74 Å². The van der Waals surface area contributed by atoms with Gasteiger partial charge in [-0.25, -0.2) is 9.18 Å². The van der Waals surface area contributed by atoms with E-state index in [0.29, 0.717) is 0 Å². The Morgan fingerprint density at radius 1 is 1.47 bits per heavy atom. The predicted molar refractivity (Wildman–Crippen MR) is 47.3 cm³/mol. The molecule has 0 radical (unpaired) electrons. The summed E-state index contributed by atoms with van der Waals surface area (Å²) in [5.74, 6) is -6.09. The number of ether oxygens (including phenoxy) is 1. The zero-order valence-corrected chi connectivity index (χ0v) is 7.97. The van der Waals surface area contributed by atoms with Crippen LogP contribution in [0.2, 0.25) is 0 Å². The van der Waals surface area contributed by atoms with E-state index < -0.39 is 24.1 Å². The minimum absolute atomic E-state index is 0.229. The quantitative estimate of drug-likeness (QED) is 0.576. The lowest BCUT2D eigenvalue weighted by Gasteiger charge is -2.12. The third-order valence-electron chi connectivity index (χ3n) is 1.75. The van der Waals surface area contributed by atoms with Crippen LogP contribution in [-0.4, -0.2) is 11.9 Å². The largest absolute Gasteiger partial charge is 0.422 e. The van der Waals surface area contributed by atoms with Crippen LogP contribution in [0.15, 0.2) is 24.3 Å². The van der Waals surface area contributed by atoms with Gasteiger partial charge >= 0.3 is 11.9 Å². The summed E-state index contributed by atoms with van der Waals surface area (Å²) in [4.78, 5) is 10.9. The molecule has 0 amide bonds. The van der Waals surface area contributed by atoms with Crippen molar-refractivity contribution in [2.45, 2.75) is 19.3 Å². The predicted octanol–water partition coefficient (Wildman–Crippen LogP) is 2.78. The lowest BCUT2D eigenvalue weighted by atomic mass is 10.2. The summed E-state index contributed by atoms with van der Waals surface area (Å²) in [6.07, 6.45) is -0.652. The topological polar surface area (TPSA) is 26.3 Å². The van der Waals surface area contributed by atoms with Crippen molar-refractivity contribution >= 4 is 5.97 Å². The van der Waals surface area contributed by atoms with Crippen LogP contribution in [-0.2, 0) is 4.79 Å². The Morgan fingerprint density at radius 3 is 2.67 bits per heavy atom. The second-order valence-corrected chi connectivity index (χ2v) is 2.90. The van der Waals surface area contributed by atoms with Crippen LogP contribution in [0.3, 0.4) is 0 Å². The highest BCUT2D eigenvalue weighted by Crippen LogP contribution is 2.22. The van der Waals surface area contributed by atoms with Gasteiger partial charge in [-0.1, -0.05) is 13.0 Å². The average molecular weight is 218 g/mol. The Balaban J connectivity index is 2.75. The number of carbonyl (C=O) groups excluding carboxylic acids is 1. The zero-order valence-electron chi connectivity index (χ0n) is 7.97. The van der Waals surface area contributed by atoms with E-state index >= 15 is 0 Å².